The van der Waals surface area contributed by atoms with E-state index < -0.39 is 0 Å². The monoisotopic (exact) mass is 313 g/mol. The molecular weight excluding hydrogens is 276 g/mol. The standard InChI is InChI=1S/C18H37N2O2/c1-2-3-4-5-6-7-11-20(13-17-22-18-14-20)12-8-19-9-15-21-16-10-19/h2-18H2,1H3/q+1. The smallest absolute Gasteiger partial charge is 0.102 e. The van der Waals surface area contributed by atoms with E-state index in [2.05, 4.69) is 11.8 Å². The van der Waals surface area contributed by atoms with Crippen molar-refractivity contribution in [3.05, 3.63) is 0 Å². The number of hydrogen-bond donors (Lipinski definition) is 0. The van der Waals surface area contributed by atoms with Crippen molar-refractivity contribution in [2.75, 3.05) is 72.2 Å². The number of quaternary nitrogens is 1. The molecule has 2 aliphatic heterocycles. The van der Waals surface area contributed by atoms with E-state index in [0.29, 0.717) is 0 Å². The Morgan fingerprint density at radius 2 is 1.41 bits per heavy atom. The zero-order valence-corrected chi connectivity index (χ0v) is 14.7. The minimum Gasteiger partial charge on any atom is -0.379 e. The van der Waals surface area contributed by atoms with E-state index in [-0.39, 0.29) is 0 Å². The molecule has 0 atom stereocenters. The lowest BCUT2D eigenvalue weighted by Crippen LogP contribution is -2.58. The molecule has 2 aliphatic rings. The van der Waals surface area contributed by atoms with Crippen LogP contribution in [0, 0.1) is 0 Å². The number of rotatable bonds is 10. The molecule has 0 amide bonds. The highest BCUT2D eigenvalue weighted by atomic mass is 16.5. The van der Waals surface area contributed by atoms with Crippen molar-refractivity contribution < 1.29 is 14.0 Å². The Bertz CT molecular complexity index is 274. The van der Waals surface area contributed by atoms with Gasteiger partial charge in [-0.25, -0.2) is 0 Å². The van der Waals surface area contributed by atoms with Gasteiger partial charge in [-0.15, -0.1) is 0 Å². The number of unbranched alkanes of at least 4 members (excludes halogenated alkanes) is 5. The number of nitrogens with zero attached hydrogens (tertiary/aromatic N) is 2. The second kappa shape index (κ2) is 10.6. The predicted molar refractivity (Wildman–Crippen MR) is 91.2 cm³/mol. The Labute approximate surface area is 137 Å². The average Bonchev–Trinajstić information content (AvgIpc) is 2.58. The lowest BCUT2D eigenvalue weighted by molar-refractivity contribution is -0.934. The van der Waals surface area contributed by atoms with E-state index in [9.17, 15) is 0 Å². The van der Waals surface area contributed by atoms with E-state index >= 15 is 0 Å². The molecule has 0 spiro atoms. The van der Waals surface area contributed by atoms with Crippen molar-refractivity contribution >= 4 is 0 Å². The molecular formula is C18H37N2O2+. The van der Waals surface area contributed by atoms with Gasteiger partial charge in [0.05, 0.1) is 39.5 Å². The lowest BCUT2D eigenvalue weighted by atomic mass is 10.1. The first-order valence-corrected chi connectivity index (χ1v) is 9.58. The summed E-state index contributed by atoms with van der Waals surface area (Å²) in [6.07, 6.45) is 8.41. The average molecular weight is 314 g/mol. The molecule has 0 saturated carbocycles. The minimum absolute atomic E-state index is 0.917. The summed E-state index contributed by atoms with van der Waals surface area (Å²) in [6, 6.07) is 0. The molecule has 0 aromatic heterocycles. The maximum Gasteiger partial charge on any atom is 0.102 e. The van der Waals surface area contributed by atoms with Crippen molar-refractivity contribution in [2.24, 2.45) is 0 Å². The van der Waals surface area contributed by atoms with Crippen LogP contribution in [-0.2, 0) is 9.47 Å². The third kappa shape index (κ3) is 6.53. The van der Waals surface area contributed by atoms with Crippen molar-refractivity contribution in [2.45, 2.75) is 45.4 Å². The van der Waals surface area contributed by atoms with Crippen LogP contribution in [0.3, 0.4) is 0 Å². The fourth-order valence-corrected chi connectivity index (χ4v) is 3.70. The topological polar surface area (TPSA) is 21.7 Å². The number of morpholine rings is 2. The molecule has 0 aromatic carbocycles. The SMILES string of the molecule is CCCCCCCC[N+]1(CCN2CCOCC2)CCOCC1. The van der Waals surface area contributed by atoms with Gasteiger partial charge >= 0.3 is 0 Å². The van der Waals surface area contributed by atoms with Gasteiger partial charge in [-0.05, 0) is 12.8 Å². The zero-order chi connectivity index (χ0) is 15.5. The number of hydrogen-bond acceptors (Lipinski definition) is 3. The molecule has 0 radical (unpaired) electrons. The highest BCUT2D eigenvalue weighted by Gasteiger charge is 2.30. The molecule has 2 heterocycles. The summed E-state index contributed by atoms with van der Waals surface area (Å²) in [4.78, 5) is 2.58. The molecule has 0 N–H and O–H groups in total. The molecule has 130 valence electrons. The molecule has 0 aliphatic carbocycles. The van der Waals surface area contributed by atoms with Crippen LogP contribution in [0.2, 0.25) is 0 Å². The van der Waals surface area contributed by atoms with Crippen molar-refractivity contribution in [3.63, 3.8) is 0 Å². The van der Waals surface area contributed by atoms with Crippen molar-refractivity contribution in [1.29, 1.82) is 0 Å². The van der Waals surface area contributed by atoms with Crippen LogP contribution in [0.4, 0.5) is 0 Å². The quantitative estimate of drug-likeness (QED) is 0.457. The first-order valence-electron chi connectivity index (χ1n) is 9.58. The van der Waals surface area contributed by atoms with E-state index in [1.807, 2.05) is 0 Å². The van der Waals surface area contributed by atoms with Crippen LogP contribution in [0.25, 0.3) is 0 Å². The fraction of sp³-hybridized carbons (Fsp3) is 1.00. The van der Waals surface area contributed by atoms with Gasteiger partial charge in [0.2, 0.25) is 0 Å². The molecule has 4 heteroatoms. The summed E-state index contributed by atoms with van der Waals surface area (Å²) in [7, 11) is 0. The van der Waals surface area contributed by atoms with Crippen LogP contribution >= 0.6 is 0 Å². The molecule has 0 bridgehead atoms. The van der Waals surface area contributed by atoms with E-state index in [4.69, 9.17) is 9.47 Å². The maximum atomic E-state index is 5.63. The van der Waals surface area contributed by atoms with Crippen molar-refractivity contribution in [3.8, 4) is 0 Å². The maximum absolute atomic E-state index is 5.63. The molecule has 0 aromatic rings. The lowest BCUT2D eigenvalue weighted by Gasteiger charge is -2.43. The normalized spacial score (nSPS) is 22.8. The van der Waals surface area contributed by atoms with Gasteiger partial charge in [0.15, 0.2) is 0 Å². The highest BCUT2D eigenvalue weighted by Crippen LogP contribution is 2.16. The summed E-state index contributed by atoms with van der Waals surface area (Å²) < 4.78 is 12.4. The van der Waals surface area contributed by atoms with Gasteiger partial charge in [0.1, 0.15) is 13.1 Å². The third-order valence-electron chi connectivity index (χ3n) is 5.40. The summed E-state index contributed by atoms with van der Waals surface area (Å²) >= 11 is 0. The van der Waals surface area contributed by atoms with Gasteiger partial charge in [0.25, 0.3) is 0 Å². The van der Waals surface area contributed by atoms with Crippen LogP contribution in [-0.4, -0.2) is 81.6 Å². The Morgan fingerprint density at radius 1 is 0.773 bits per heavy atom. The predicted octanol–water partition coefficient (Wildman–Crippen LogP) is 2.53. The van der Waals surface area contributed by atoms with E-state index in [1.54, 1.807) is 0 Å². The highest BCUT2D eigenvalue weighted by molar-refractivity contribution is 4.63. The van der Waals surface area contributed by atoms with Crippen LogP contribution in [0.1, 0.15) is 45.4 Å². The summed E-state index contributed by atoms with van der Waals surface area (Å²) in [5.41, 5.74) is 0. The first kappa shape index (κ1) is 18.2. The van der Waals surface area contributed by atoms with Gasteiger partial charge < -0.3 is 14.0 Å². The zero-order valence-electron chi connectivity index (χ0n) is 14.7. The summed E-state index contributed by atoms with van der Waals surface area (Å²) in [5, 5.41) is 0. The Hall–Kier alpha value is -0.160. The largest absolute Gasteiger partial charge is 0.379 e. The van der Waals surface area contributed by atoms with Gasteiger partial charge in [-0.3, -0.25) is 4.90 Å². The van der Waals surface area contributed by atoms with Crippen LogP contribution < -0.4 is 0 Å². The molecule has 4 nitrogen and oxygen atoms in total. The van der Waals surface area contributed by atoms with Gasteiger partial charge in [0, 0.05) is 19.6 Å². The van der Waals surface area contributed by atoms with E-state index in [0.717, 1.165) is 39.5 Å². The van der Waals surface area contributed by atoms with Crippen LogP contribution in [0.15, 0.2) is 0 Å². The Balaban J connectivity index is 1.69. The molecule has 2 fully saturated rings. The fourth-order valence-electron chi connectivity index (χ4n) is 3.70. The number of ether oxygens (including phenoxy) is 2. The second-order valence-corrected chi connectivity index (χ2v) is 7.07. The van der Waals surface area contributed by atoms with Gasteiger partial charge in [-0.2, -0.15) is 0 Å². The van der Waals surface area contributed by atoms with Crippen LogP contribution in [0.5, 0.6) is 0 Å². The first-order chi connectivity index (χ1) is 10.8. The summed E-state index contributed by atoms with van der Waals surface area (Å²) in [5.74, 6) is 0. The summed E-state index contributed by atoms with van der Waals surface area (Å²) in [6.45, 7) is 14.6. The minimum atomic E-state index is 0.917. The molecule has 0 unspecified atom stereocenters. The van der Waals surface area contributed by atoms with E-state index in [1.165, 1.54) is 75.7 Å². The Kier molecular flexibility index (Phi) is 8.75. The second-order valence-electron chi connectivity index (χ2n) is 7.07. The van der Waals surface area contributed by atoms with Gasteiger partial charge in [-0.1, -0.05) is 32.6 Å². The molecule has 2 saturated heterocycles. The Morgan fingerprint density at radius 3 is 2.14 bits per heavy atom. The molecule has 22 heavy (non-hydrogen) atoms. The molecule has 2 rings (SSSR count). The third-order valence-corrected chi connectivity index (χ3v) is 5.40. The van der Waals surface area contributed by atoms with Crippen molar-refractivity contribution in [1.82, 2.24) is 4.90 Å².